The molecule has 0 aliphatic heterocycles. The van der Waals surface area contributed by atoms with Gasteiger partial charge in [-0.05, 0) is 43.3 Å². The Labute approximate surface area is 169 Å². The first-order valence-corrected chi connectivity index (χ1v) is 8.75. The number of carbonyl (C=O) groups excluding carboxylic acids is 1. The molecule has 0 saturated carbocycles. The van der Waals surface area contributed by atoms with Crippen molar-refractivity contribution in [1.82, 2.24) is 4.98 Å². The highest BCUT2D eigenvalue weighted by Gasteiger charge is 2.31. The van der Waals surface area contributed by atoms with Gasteiger partial charge in [-0.1, -0.05) is 11.6 Å². The van der Waals surface area contributed by atoms with Crippen molar-refractivity contribution in [1.29, 1.82) is 0 Å². The highest BCUT2D eigenvalue weighted by molar-refractivity contribution is 6.32. The van der Waals surface area contributed by atoms with Crippen molar-refractivity contribution in [2.45, 2.75) is 19.2 Å². The monoisotopic (exact) mass is 425 g/mol. The van der Waals surface area contributed by atoms with E-state index in [2.05, 4.69) is 9.72 Å². The molecule has 0 aliphatic rings. The molecular formula is C20H15ClF3NO4. The number of hydrogen-bond donors (Lipinski definition) is 0. The van der Waals surface area contributed by atoms with E-state index in [1.807, 2.05) is 0 Å². The maximum atomic E-state index is 12.8. The number of benzene rings is 2. The van der Waals surface area contributed by atoms with Gasteiger partial charge in [0.25, 0.3) is 0 Å². The van der Waals surface area contributed by atoms with Crippen molar-refractivity contribution in [2.24, 2.45) is 0 Å². The van der Waals surface area contributed by atoms with Gasteiger partial charge in [0.1, 0.15) is 11.5 Å². The highest BCUT2D eigenvalue weighted by Crippen LogP contribution is 2.36. The van der Waals surface area contributed by atoms with E-state index in [0.717, 1.165) is 23.6 Å². The summed E-state index contributed by atoms with van der Waals surface area (Å²) in [5.41, 5.74) is -0.364. The number of esters is 1. The van der Waals surface area contributed by atoms with Gasteiger partial charge >= 0.3 is 12.1 Å². The standard InChI is InChI=1S/C20H15ClF3NO4/c1-11(19(26)27-2)28-18-8-4-12-3-6-14(10-16(12)25-18)29-17-7-5-13(9-15(17)21)20(22,23)24/h3-11H,1-2H3/t11-/m1/s1. The van der Waals surface area contributed by atoms with E-state index >= 15 is 0 Å². The molecule has 0 fully saturated rings. The zero-order valence-electron chi connectivity index (χ0n) is 15.3. The normalized spacial score (nSPS) is 12.5. The molecule has 0 unspecified atom stereocenters. The number of carbonyl (C=O) groups is 1. The van der Waals surface area contributed by atoms with Crippen LogP contribution in [0.5, 0.6) is 17.4 Å². The summed E-state index contributed by atoms with van der Waals surface area (Å²) >= 11 is 5.93. The number of pyridine rings is 1. The van der Waals surface area contributed by atoms with E-state index in [4.69, 9.17) is 21.1 Å². The number of ether oxygens (including phenoxy) is 3. The molecule has 3 aromatic rings. The molecule has 0 radical (unpaired) electrons. The van der Waals surface area contributed by atoms with E-state index in [9.17, 15) is 18.0 Å². The first-order chi connectivity index (χ1) is 13.7. The summed E-state index contributed by atoms with van der Waals surface area (Å²) in [4.78, 5) is 15.8. The molecule has 0 N–H and O–H groups in total. The average molecular weight is 426 g/mol. The van der Waals surface area contributed by atoms with Gasteiger partial charge < -0.3 is 14.2 Å². The molecule has 152 valence electrons. The van der Waals surface area contributed by atoms with Crippen LogP contribution in [0.3, 0.4) is 0 Å². The average Bonchev–Trinajstić information content (AvgIpc) is 2.67. The summed E-state index contributed by atoms with van der Waals surface area (Å²) in [6, 6.07) is 11.1. The SMILES string of the molecule is COC(=O)[C@@H](C)Oc1ccc2ccc(Oc3ccc(C(F)(F)F)cc3Cl)cc2n1. The summed E-state index contributed by atoms with van der Waals surface area (Å²) < 4.78 is 53.9. The minimum absolute atomic E-state index is 0.0748. The number of alkyl halides is 3. The van der Waals surface area contributed by atoms with E-state index in [1.165, 1.54) is 14.0 Å². The summed E-state index contributed by atoms with van der Waals surface area (Å²) in [6.45, 7) is 1.53. The van der Waals surface area contributed by atoms with Crippen molar-refractivity contribution < 1.29 is 32.2 Å². The van der Waals surface area contributed by atoms with E-state index < -0.39 is 23.8 Å². The largest absolute Gasteiger partial charge is 0.466 e. The number of aromatic nitrogens is 1. The zero-order valence-corrected chi connectivity index (χ0v) is 16.0. The van der Waals surface area contributed by atoms with Crippen molar-refractivity contribution in [2.75, 3.05) is 7.11 Å². The fourth-order valence-corrected chi connectivity index (χ4v) is 2.71. The Hall–Kier alpha value is -3.00. The van der Waals surface area contributed by atoms with Crippen molar-refractivity contribution in [3.8, 4) is 17.4 Å². The molecular weight excluding hydrogens is 411 g/mol. The lowest BCUT2D eigenvalue weighted by molar-refractivity contribution is -0.148. The Morgan fingerprint density at radius 2 is 1.83 bits per heavy atom. The molecule has 5 nitrogen and oxygen atoms in total. The third kappa shape index (κ3) is 4.89. The summed E-state index contributed by atoms with van der Waals surface area (Å²) in [5.74, 6) is 0.0663. The zero-order chi connectivity index (χ0) is 21.2. The summed E-state index contributed by atoms with van der Waals surface area (Å²) in [6.07, 6.45) is -5.33. The van der Waals surface area contributed by atoms with Crippen LogP contribution in [0.25, 0.3) is 10.9 Å². The van der Waals surface area contributed by atoms with Gasteiger partial charge in [0.2, 0.25) is 5.88 Å². The van der Waals surface area contributed by atoms with Crippen LogP contribution in [0.1, 0.15) is 12.5 Å². The molecule has 0 amide bonds. The second-order valence-corrected chi connectivity index (χ2v) is 6.44. The predicted octanol–water partition coefficient (Wildman–Crippen LogP) is 5.64. The van der Waals surface area contributed by atoms with Crippen LogP contribution in [0.4, 0.5) is 13.2 Å². The number of methoxy groups -OCH3 is 1. The second-order valence-electron chi connectivity index (χ2n) is 6.03. The molecule has 3 rings (SSSR count). The van der Waals surface area contributed by atoms with Gasteiger partial charge in [0.05, 0.1) is 23.2 Å². The molecule has 2 aromatic carbocycles. The minimum atomic E-state index is -4.49. The fraction of sp³-hybridized carbons (Fsp3) is 0.200. The number of fused-ring (bicyclic) bond motifs is 1. The van der Waals surface area contributed by atoms with Crippen LogP contribution in [-0.2, 0) is 15.7 Å². The first kappa shape index (κ1) is 20.7. The Balaban J connectivity index is 1.84. The number of nitrogens with zero attached hydrogens (tertiary/aromatic N) is 1. The molecule has 9 heteroatoms. The molecule has 0 aliphatic carbocycles. The molecule has 1 aromatic heterocycles. The molecule has 1 atom stereocenters. The first-order valence-electron chi connectivity index (χ1n) is 8.37. The van der Waals surface area contributed by atoms with Gasteiger partial charge in [0, 0.05) is 17.5 Å². The van der Waals surface area contributed by atoms with Gasteiger partial charge in [0.15, 0.2) is 6.10 Å². The van der Waals surface area contributed by atoms with Crippen LogP contribution in [-0.4, -0.2) is 24.2 Å². The van der Waals surface area contributed by atoms with E-state index in [-0.39, 0.29) is 16.7 Å². The lowest BCUT2D eigenvalue weighted by atomic mass is 10.2. The van der Waals surface area contributed by atoms with Crippen LogP contribution in [0.2, 0.25) is 5.02 Å². The molecule has 0 bridgehead atoms. The molecule has 1 heterocycles. The van der Waals surface area contributed by atoms with Gasteiger partial charge in [-0.15, -0.1) is 0 Å². The van der Waals surface area contributed by atoms with E-state index in [1.54, 1.807) is 30.3 Å². The number of rotatable bonds is 5. The van der Waals surface area contributed by atoms with Crippen LogP contribution < -0.4 is 9.47 Å². The highest BCUT2D eigenvalue weighted by atomic mass is 35.5. The van der Waals surface area contributed by atoms with Crippen molar-refractivity contribution in [3.05, 3.63) is 59.1 Å². The Morgan fingerprint density at radius 3 is 2.48 bits per heavy atom. The van der Waals surface area contributed by atoms with Crippen LogP contribution in [0.15, 0.2) is 48.5 Å². The van der Waals surface area contributed by atoms with Crippen molar-refractivity contribution in [3.63, 3.8) is 0 Å². The summed E-state index contributed by atoms with van der Waals surface area (Å²) in [7, 11) is 1.26. The smallest absolute Gasteiger partial charge is 0.416 e. The number of halogens is 4. The third-order valence-electron chi connectivity index (χ3n) is 3.96. The maximum absolute atomic E-state index is 12.8. The van der Waals surface area contributed by atoms with Gasteiger partial charge in [-0.3, -0.25) is 0 Å². The van der Waals surface area contributed by atoms with Crippen LogP contribution in [0, 0.1) is 0 Å². The minimum Gasteiger partial charge on any atom is -0.466 e. The van der Waals surface area contributed by atoms with Crippen LogP contribution >= 0.6 is 11.6 Å². The van der Waals surface area contributed by atoms with E-state index in [0.29, 0.717) is 11.3 Å². The predicted molar refractivity (Wildman–Crippen MR) is 100 cm³/mol. The lowest BCUT2D eigenvalue weighted by Gasteiger charge is -2.13. The molecule has 0 saturated heterocycles. The van der Waals surface area contributed by atoms with Gasteiger partial charge in [-0.25, -0.2) is 9.78 Å². The van der Waals surface area contributed by atoms with Gasteiger partial charge in [-0.2, -0.15) is 13.2 Å². The second kappa shape index (κ2) is 8.16. The number of hydrogen-bond acceptors (Lipinski definition) is 5. The van der Waals surface area contributed by atoms with Crippen molar-refractivity contribution >= 4 is 28.5 Å². The Kier molecular flexibility index (Phi) is 5.83. The Morgan fingerprint density at radius 1 is 1.10 bits per heavy atom. The molecule has 29 heavy (non-hydrogen) atoms. The maximum Gasteiger partial charge on any atom is 0.416 e. The summed E-state index contributed by atoms with van der Waals surface area (Å²) in [5, 5.41) is 0.603. The molecule has 0 spiro atoms. The fourth-order valence-electron chi connectivity index (χ4n) is 2.49. The lowest BCUT2D eigenvalue weighted by Crippen LogP contribution is -2.25. The Bertz CT molecular complexity index is 1060. The topological polar surface area (TPSA) is 57.7 Å². The third-order valence-corrected chi connectivity index (χ3v) is 4.25. The quantitative estimate of drug-likeness (QED) is 0.495.